The molecule has 2 aromatic heterocycles. The molecule has 1 amide bonds. The average Bonchev–Trinajstić information content (AvgIpc) is 3.35. The molecule has 2 saturated heterocycles. The Morgan fingerprint density at radius 3 is 2.56 bits per heavy atom. The number of ether oxygens (including phenoxy) is 1. The Hall–Kier alpha value is -2.66. The normalized spacial score (nSPS) is 20.0. The summed E-state index contributed by atoms with van der Waals surface area (Å²) in [6.45, 7) is 3.95. The minimum atomic E-state index is -0.250. The number of fused-ring (bicyclic) bond motifs is 1. The molecule has 12 heteroatoms. The van der Waals surface area contributed by atoms with Crippen molar-refractivity contribution < 1.29 is 33.8 Å². The summed E-state index contributed by atoms with van der Waals surface area (Å²) >= 11 is 12.0. The second-order valence-electron chi connectivity index (χ2n) is 6.94. The van der Waals surface area contributed by atoms with Crippen LogP contribution >= 0.6 is 23.2 Å². The molecule has 2 atom stereocenters. The number of hydrogen-bond donors (Lipinski definition) is 2. The lowest BCUT2D eigenvalue weighted by molar-refractivity contribution is -0.123. The van der Waals surface area contributed by atoms with Gasteiger partial charge >= 0.3 is 0 Å². The lowest BCUT2D eigenvalue weighted by atomic mass is 10.1. The van der Waals surface area contributed by atoms with Crippen LogP contribution in [0.15, 0.2) is 35.3 Å². The third-order valence-electron chi connectivity index (χ3n) is 4.94. The maximum Gasteiger partial charge on any atom is 0.290 e. The molecular weight excluding hydrogens is 465 g/mol. The van der Waals surface area contributed by atoms with E-state index in [9.17, 15) is 4.79 Å². The third kappa shape index (κ3) is 7.20. The van der Waals surface area contributed by atoms with Crippen LogP contribution in [0.4, 0.5) is 0 Å². The standard InChI is InChI=1S/C18H19Cl2N3O3.2CH2O2/c19-15-5-17(20)21-6-14(15)18(24)23-9-13-8-22(2-4-26-16(13)10-23)7-12-1-3-25-11-12;2*2-1-3/h1,3,5-6,11,13,16H,2,4,7-10H2;2*1H,(H,2,3)/t13-,16+;;/m0../s1. The molecule has 10 nitrogen and oxygen atoms in total. The van der Waals surface area contributed by atoms with Gasteiger partial charge in [0.2, 0.25) is 0 Å². The van der Waals surface area contributed by atoms with Crippen molar-refractivity contribution in [2.24, 2.45) is 5.92 Å². The summed E-state index contributed by atoms with van der Waals surface area (Å²) in [5, 5.41) is 14.4. The maximum absolute atomic E-state index is 12.8. The lowest BCUT2D eigenvalue weighted by Crippen LogP contribution is -2.33. The molecule has 4 rings (SSSR count). The van der Waals surface area contributed by atoms with E-state index >= 15 is 0 Å². The lowest BCUT2D eigenvalue weighted by Gasteiger charge is -2.23. The molecule has 2 fully saturated rings. The number of hydrogen-bond acceptors (Lipinski definition) is 7. The van der Waals surface area contributed by atoms with Gasteiger partial charge in [0.05, 0.1) is 35.8 Å². The molecule has 0 radical (unpaired) electrons. The smallest absolute Gasteiger partial charge is 0.290 e. The number of amides is 1. The van der Waals surface area contributed by atoms with Crippen molar-refractivity contribution in [3.63, 3.8) is 0 Å². The summed E-state index contributed by atoms with van der Waals surface area (Å²) in [5.41, 5.74) is 1.52. The van der Waals surface area contributed by atoms with Gasteiger partial charge < -0.3 is 24.3 Å². The molecule has 2 N–H and O–H groups in total. The van der Waals surface area contributed by atoms with Crippen molar-refractivity contribution in [3.05, 3.63) is 52.2 Å². The van der Waals surface area contributed by atoms with Crippen LogP contribution in [0.1, 0.15) is 15.9 Å². The number of likely N-dealkylation sites (tertiary alicyclic amines) is 1. The summed E-state index contributed by atoms with van der Waals surface area (Å²) in [7, 11) is 0. The van der Waals surface area contributed by atoms with Gasteiger partial charge in [-0.2, -0.15) is 0 Å². The number of carbonyl (C=O) groups excluding carboxylic acids is 1. The van der Waals surface area contributed by atoms with E-state index < -0.39 is 0 Å². The molecule has 4 heterocycles. The van der Waals surface area contributed by atoms with E-state index in [1.807, 2.05) is 6.07 Å². The summed E-state index contributed by atoms with van der Waals surface area (Å²) in [6.07, 6.45) is 4.94. The fraction of sp³-hybridized carbons (Fsp3) is 0.400. The highest BCUT2D eigenvalue weighted by atomic mass is 35.5. The molecule has 0 unspecified atom stereocenters. The second-order valence-corrected chi connectivity index (χ2v) is 7.74. The molecule has 0 spiro atoms. The molecule has 0 aliphatic carbocycles. The van der Waals surface area contributed by atoms with E-state index in [-0.39, 0.29) is 36.0 Å². The Bertz CT molecular complexity index is 876. The van der Waals surface area contributed by atoms with Crippen LogP contribution in [0.2, 0.25) is 10.2 Å². The van der Waals surface area contributed by atoms with Crippen molar-refractivity contribution >= 4 is 42.1 Å². The monoisotopic (exact) mass is 487 g/mol. The molecule has 0 bridgehead atoms. The van der Waals surface area contributed by atoms with Gasteiger partial charge in [-0.05, 0) is 12.1 Å². The fourth-order valence-corrected chi connectivity index (χ4v) is 4.09. The number of aromatic nitrogens is 1. The van der Waals surface area contributed by atoms with Crippen LogP contribution in [0.25, 0.3) is 0 Å². The molecule has 0 aromatic carbocycles. The molecule has 32 heavy (non-hydrogen) atoms. The van der Waals surface area contributed by atoms with Gasteiger partial charge in [-0.1, -0.05) is 23.2 Å². The van der Waals surface area contributed by atoms with Gasteiger partial charge in [-0.15, -0.1) is 0 Å². The van der Waals surface area contributed by atoms with Gasteiger partial charge in [0.15, 0.2) is 0 Å². The second kappa shape index (κ2) is 13.0. The summed E-state index contributed by atoms with van der Waals surface area (Å²) in [4.78, 5) is 37.7. The van der Waals surface area contributed by atoms with E-state index in [0.29, 0.717) is 30.3 Å². The van der Waals surface area contributed by atoms with E-state index in [1.54, 1.807) is 17.4 Å². The van der Waals surface area contributed by atoms with Crippen LogP contribution in [0, 0.1) is 5.92 Å². The Morgan fingerprint density at radius 1 is 1.22 bits per heavy atom. The maximum atomic E-state index is 12.8. The topological polar surface area (TPSA) is 133 Å². The quantitative estimate of drug-likeness (QED) is 0.493. The highest BCUT2D eigenvalue weighted by Gasteiger charge is 2.39. The van der Waals surface area contributed by atoms with Crippen molar-refractivity contribution in [1.29, 1.82) is 0 Å². The van der Waals surface area contributed by atoms with Crippen molar-refractivity contribution in [1.82, 2.24) is 14.8 Å². The molecule has 2 aliphatic rings. The Morgan fingerprint density at radius 2 is 1.94 bits per heavy atom. The molecule has 0 saturated carbocycles. The number of furan rings is 1. The number of carbonyl (C=O) groups is 3. The largest absolute Gasteiger partial charge is 0.483 e. The zero-order chi connectivity index (χ0) is 23.5. The van der Waals surface area contributed by atoms with E-state index in [1.165, 1.54) is 12.3 Å². The van der Waals surface area contributed by atoms with Crippen LogP contribution in [-0.2, 0) is 20.9 Å². The summed E-state index contributed by atoms with van der Waals surface area (Å²) in [6, 6.07) is 3.47. The Kier molecular flexibility index (Phi) is 10.4. The van der Waals surface area contributed by atoms with Crippen molar-refractivity contribution in [3.8, 4) is 0 Å². The van der Waals surface area contributed by atoms with Gasteiger partial charge in [0.1, 0.15) is 5.15 Å². The minimum absolute atomic E-state index is 0.0485. The molecule has 2 aliphatic heterocycles. The highest BCUT2D eigenvalue weighted by molar-refractivity contribution is 6.36. The van der Waals surface area contributed by atoms with Gasteiger partial charge in [0, 0.05) is 50.4 Å². The first kappa shape index (κ1) is 25.6. The minimum Gasteiger partial charge on any atom is -0.483 e. The SMILES string of the molecule is O=C(c1cnc(Cl)cc1Cl)N1C[C@@H]2CN(Cc3ccoc3)CCO[C@@H]2C1.O=CO.O=CO. The Balaban J connectivity index is 0.000000547. The van der Waals surface area contributed by atoms with Crippen LogP contribution in [-0.4, -0.2) is 82.7 Å². The van der Waals surface area contributed by atoms with Gasteiger partial charge in [-0.25, -0.2) is 4.98 Å². The summed E-state index contributed by atoms with van der Waals surface area (Å²) in [5.74, 6) is 0.143. The number of carboxylic acid groups (broad SMARTS) is 2. The molecular formula is C20H23Cl2N3O7. The van der Waals surface area contributed by atoms with Crippen molar-refractivity contribution in [2.45, 2.75) is 12.6 Å². The van der Waals surface area contributed by atoms with Crippen LogP contribution in [0.3, 0.4) is 0 Å². The zero-order valence-corrected chi connectivity index (χ0v) is 18.5. The number of pyridine rings is 1. The van der Waals surface area contributed by atoms with E-state index in [4.69, 9.17) is 52.2 Å². The number of nitrogens with zero attached hydrogens (tertiary/aromatic N) is 3. The zero-order valence-electron chi connectivity index (χ0n) is 17.0. The van der Waals surface area contributed by atoms with Gasteiger partial charge in [-0.3, -0.25) is 19.3 Å². The van der Waals surface area contributed by atoms with Crippen molar-refractivity contribution in [2.75, 3.05) is 32.8 Å². The van der Waals surface area contributed by atoms with Gasteiger partial charge in [0.25, 0.3) is 18.9 Å². The van der Waals surface area contributed by atoms with E-state index in [2.05, 4.69) is 9.88 Å². The first-order valence-corrected chi connectivity index (χ1v) is 10.3. The number of halogens is 2. The predicted molar refractivity (Wildman–Crippen MR) is 115 cm³/mol. The molecule has 2 aromatic rings. The first-order chi connectivity index (χ1) is 15.4. The predicted octanol–water partition coefficient (Wildman–Crippen LogP) is 2.36. The van der Waals surface area contributed by atoms with Crippen LogP contribution < -0.4 is 0 Å². The first-order valence-electron chi connectivity index (χ1n) is 9.54. The van der Waals surface area contributed by atoms with E-state index in [0.717, 1.165) is 25.2 Å². The highest BCUT2D eigenvalue weighted by Crippen LogP contribution is 2.28. The number of rotatable bonds is 3. The Labute approximate surface area is 194 Å². The average molecular weight is 488 g/mol. The molecule has 174 valence electrons. The third-order valence-corrected chi connectivity index (χ3v) is 5.46. The fourth-order valence-electron chi connectivity index (χ4n) is 3.65. The summed E-state index contributed by atoms with van der Waals surface area (Å²) < 4.78 is 11.2. The van der Waals surface area contributed by atoms with Crippen LogP contribution in [0.5, 0.6) is 0 Å².